The molecule has 5 atom stereocenters. The van der Waals surface area contributed by atoms with Gasteiger partial charge in [0.2, 0.25) is 0 Å². The van der Waals surface area contributed by atoms with Crippen LogP contribution in [0.4, 0.5) is 5.69 Å². The number of aliphatic hydroxyl groups excluding tert-OH is 1. The lowest BCUT2D eigenvalue weighted by Crippen LogP contribution is -2.44. The summed E-state index contributed by atoms with van der Waals surface area (Å²) in [4.78, 5) is 14.1. The van der Waals surface area contributed by atoms with Crippen LogP contribution in [0.3, 0.4) is 0 Å². The molecule has 3 N–H and O–H groups in total. The Kier molecular flexibility index (Phi) is 18.1. The lowest BCUT2D eigenvalue weighted by molar-refractivity contribution is 0.112. The zero-order valence-electron chi connectivity index (χ0n) is 28.7. The molecule has 8 heteroatoms. The highest BCUT2D eigenvalue weighted by molar-refractivity contribution is 8.12. The molecule has 2 aliphatic rings. The second kappa shape index (κ2) is 20.9. The van der Waals surface area contributed by atoms with Crippen LogP contribution in [-0.4, -0.2) is 70.0 Å². The monoisotopic (exact) mass is 659 g/mol. The summed E-state index contributed by atoms with van der Waals surface area (Å²) in [7, 11) is 5.16. The average molecular weight is 660 g/mol. The van der Waals surface area contributed by atoms with Crippen LogP contribution >= 0.6 is 22.3 Å². The number of fused-ring (bicyclic) bond motifs is 1. The van der Waals surface area contributed by atoms with Gasteiger partial charge in [0.15, 0.2) is 0 Å². The molecular weight excluding hydrogens is 602 g/mol. The first-order chi connectivity index (χ1) is 21.8. The van der Waals surface area contributed by atoms with E-state index in [1.165, 1.54) is 24.0 Å². The summed E-state index contributed by atoms with van der Waals surface area (Å²) in [6.45, 7) is 12.2. The van der Waals surface area contributed by atoms with Crippen molar-refractivity contribution in [1.82, 2.24) is 10.0 Å². The van der Waals surface area contributed by atoms with Crippen LogP contribution in [-0.2, 0) is 6.42 Å². The maximum atomic E-state index is 11.6. The standard InChI is InChI=1S/C31H41ClN2O2.C5H13NS.CH4O/c1-4-6-8-24(17-33-3)29-12-10-25(29)18-34-19-26(28-13-11-27(32)16-23(28)7-5-2)21-36-31-14-9-22(20-35)15-30(31)34;1-5(2)7(4)6-3;1-2/h6,8-9,11,13-16,20,24-26,29,33H,4-5,7,10,12,17-19,21H2,1-3H3;5-6H,4H2,1-3H3;2H,1H3/b8-6+;;. The summed E-state index contributed by atoms with van der Waals surface area (Å²) >= 11 is 6.38. The van der Waals surface area contributed by atoms with E-state index in [4.69, 9.17) is 21.4 Å². The number of halogens is 1. The van der Waals surface area contributed by atoms with Crippen molar-refractivity contribution in [2.75, 3.05) is 52.3 Å². The van der Waals surface area contributed by atoms with Crippen LogP contribution in [0.15, 0.2) is 48.6 Å². The smallest absolute Gasteiger partial charge is 0.150 e. The van der Waals surface area contributed by atoms with Crippen LogP contribution in [0, 0.1) is 17.8 Å². The number of aliphatic hydroxyl groups is 1. The number of hydrogen-bond acceptors (Lipinski definition) is 6. The number of nitrogens with one attached hydrogen (secondary N) is 2. The van der Waals surface area contributed by atoms with Crippen LogP contribution in [0.1, 0.15) is 80.8 Å². The van der Waals surface area contributed by atoms with Gasteiger partial charge in [-0.2, -0.15) is 0 Å². The van der Waals surface area contributed by atoms with Gasteiger partial charge in [-0.3, -0.25) is 9.52 Å². The molecule has 252 valence electrons. The van der Waals surface area contributed by atoms with Gasteiger partial charge in [-0.15, -0.1) is 10.7 Å². The van der Waals surface area contributed by atoms with Gasteiger partial charge in [-0.1, -0.05) is 69.8 Å². The first kappa shape index (κ1) is 39.0. The molecule has 2 aromatic carbocycles. The van der Waals surface area contributed by atoms with E-state index in [0.29, 0.717) is 35.2 Å². The number of benzene rings is 2. The number of hydrogen-bond donors (Lipinski definition) is 3. The number of allylic oxidation sites excluding steroid dienone is 1. The number of aldehydes is 1. The Morgan fingerprint density at radius 3 is 2.47 bits per heavy atom. The van der Waals surface area contributed by atoms with Crippen molar-refractivity contribution < 1.29 is 14.6 Å². The zero-order chi connectivity index (χ0) is 33.4. The van der Waals surface area contributed by atoms with Gasteiger partial charge in [-0.25, -0.2) is 0 Å². The molecule has 0 spiro atoms. The van der Waals surface area contributed by atoms with E-state index in [1.807, 2.05) is 38.4 Å². The van der Waals surface area contributed by atoms with E-state index in [1.54, 1.807) is 0 Å². The number of carbonyl (C=O) groups is 1. The molecular formula is C37H58ClN3O3S. The van der Waals surface area contributed by atoms with Crippen molar-refractivity contribution in [3.05, 3.63) is 70.3 Å². The number of ether oxygens (including phenoxy) is 1. The molecule has 0 saturated heterocycles. The van der Waals surface area contributed by atoms with Gasteiger partial charge in [-0.05, 0) is 99.0 Å². The molecule has 5 unspecified atom stereocenters. The summed E-state index contributed by atoms with van der Waals surface area (Å²) in [6, 6.07) is 12.2. The number of rotatable bonds is 13. The first-order valence-electron chi connectivity index (χ1n) is 16.5. The zero-order valence-corrected chi connectivity index (χ0v) is 30.2. The van der Waals surface area contributed by atoms with Crippen molar-refractivity contribution in [3.8, 4) is 5.75 Å². The van der Waals surface area contributed by atoms with Crippen LogP contribution in [0.5, 0.6) is 5.75 Å². The third-order valence-electron chi connectivity index (χ3n) is 8.78. The summed E-state index contributed by atoms with van der Waals surface area (Å²) < 4.78 is 9.48. The minimum Gasteiger partial charge on any atom is -0.491 e. The third-order valence-corrected chi connectivity index (χ3v) is 10.7. The molecule has 2 aromatic rings. The average Bonchev–Trinajstić information content (AvgIpc) is 3.22. The second-order valence-electron chi connectivity index (χ2n) is 12.1. The fraction of sp³-hybridized carbons (Fsp3) is 0.568. The summed E-state index contributed by atoms with van der Waals surface area (Å²) in [6.07, 6.45) is 11.4. The van der Waals surface area contributed by atoms with Crippen LogP contribution in [0.25, 0.3) is 0 Å². The summed E-state index contributed by atoms with van der Waals surface area (Å²) in [5, 5.41) is 11.9. The number of carbonyl (C=O) groups excluding carboxylic acids is 1. The van der Waals surface area contributed by atoms with Gasteiger partial charge in [0.05, 0.1) is 12.3 Å². The molecule has 1 fully saturated rings. The van der Waals surface area contributed by atoms with Crippen LogP contribution in [0.2, 0.25) is 5.02 Å². The Morgan fingerprint density at radius 1 is 1.16 bits per heavy atom. The Balaban J connectivity index is 0.000000692. The fourth-order valence-electron chi connectivity index (χ4n) is 6.22. The summed E-state index contributed by atoms with van der Waals surface area (Å²) in [5.41, 5.74) is 4.40. The van der Waals surface area contributed by atoms with Crippen LogP contribution < -0.4 is 19.7 Å². The topological polar surface area (TPSA) is 73.8 Å². The normalized spacial score (nSPS) is 20.4. The fourth-order valence-corrected chi connectivity index (χ4v) is 6.88. The molecule has 0 radical (unpaired) electrons. The van der Waals surface area contributed by atoms with E-state index in [-0.39, 0.29) is 16.6 Å². The Morgan fingerprint density at radius 2 is 1.91 bits per heavy atom. The molecule has 0 amide bonds. The van der Waals surface area contributed by atoms with E-state index >= 15 is 0 Å². The predicted octanol–water partition coefficient (Wildman–Crippen LogP) is 7.75. The number of anilines is 1. The van der Waals surface area contributed by atoms with Gasteiger partial charge in [0, 0.05) is 48.5 Å². The minimum absolute atomic E-state index is 0.171. The first-order valence-corrected chi connectivity index (χ1v) is 18.3. The van der Waals surface area contributed by atoms with Gasteiger partial charge >= 0.3 is 0 Å². The van der Waals surface area contributed by atoms with Crippen molar-refractivity contribution in [2.45, 2.75) is 71.0 Å². The Labute approximate surface area is 281 Å². The van der Waals surface area contributed by atoms with Crippen molar-refractivity contribution >= 4 is 40.1 Å². The molecule has 1 heterocycles. The molecule has 4 rings (SSSR count). The highest BCUT2D eigenvalue weighted by atomic mass is 35.5. The number of nitrogens with zero attached hydrogens (tertiary/aromatic N) is 1. The van der Waals surface area contributed by atoms with E-state index in [2.05, 4.69) is 72.8 Å². The minimum atomic E-state index is 0.171. The highest BCUT2D eigenvalue weighted by Crippen LogP contribution is 2.44. The van der Waals surface area contributed by atoms with E-state index < -0.39 is 0 Å². The maximum absolute atomic E-state index is 11.6. The maximum Gasteiger partial charge on any atom is 0.150 e. The Bertz CT molecular complexity index is 1220. The van der Waals surface area contributed by atoms with Gasteiger partial charge in [0.1, 0.15) is 12.0 Å². The molecule has 6 nitrogen and oxygen atoms in total. The molecule has 1 aliphatic heterocycles. The summed E-state index contributed by atoms with van der Waals surface area (Å²) in [5.74, 6) is 6.84. The third kappa shape index (κ3) is 11.5. The molecule has 0 bridgehead atoms. The molecule has 0 aromatic heterocycles. The quantitative estimate of drug-likeness (QED) is 0.116. The SMILES string of the molecule is C=S(NC)C(C)C.CC/C=C/C(CNC)C1CCC1CN1CC(c2ccc(Cl)cc2CCC)COc2ccc(C=O)cc21.CO. The van der Waals surface area contributed by atoms with Gasteiger partial charge in [0.25, 0.3) is 0 Å². The highest BCUT2D eigenvalue weighted by Gasteiger charge is 2.38. The van der Waals surface area contributed by atoms with E-state index in [9.17, 15) is 4.79 Å². The molecule has 1 saturated carbocycles. The van der Waals surface area contributed by atoms with Crippen molar-refractivity contribution in [2.24, 2.45) is 17.8 Å². The van der Waals surface area contributed by atoms with Gasteiger partial charge < -0.3 is 20.1 Å². The predicted molar refractivity (Wildman–Crippen MR) is 198 cm³/mol. The molecule has 45 heavy (non-hydrogen) atoms. The van der Waals surface area contributed by atoms with E-state index in [0.717, 1.165) is 68.8 Å². The number of aryl methyl sites for hydroxylation is 1. The Hall–Kier alpha value is -2.16. The van der Waals surface area contributed by atoms with Crippen molar-refractivity contribution in [1.29, 1.82) is 0 Å². The molecule has 1 aliphatic carbocycles. The van der Waals surface area contributed by atoms with Crippen molar-refractivity contribution in [3.63, 3.8) is 0 Å². The lowest BCUT2D eigenvalue weighted by atomic mass is 9.66. The largest absolute Gasteiger partial charge is 0.491 e. The lowest BCUT2D eigenvalue weighted by Gasteiger charge is -2.44. The second-order valence-corrected chi connectivity index (χ2v) is 14.7.